The lowest BCUT2D eigenvalue weighted by Crippen LogP contribution is -2.37. The first-order valence-corrected chi connectivity index (χ1v) is 6.78. The summed E-state index contributed by atoms with van der Waals surface area (Å²) < 4.78 is 39.1. The van der Waals surface area contributed by atoms with E-state index in [0.717, 1.165) is 12.1 Å². The summed E-state index contributed by atoms with van der Waals surface area (Å²) in [6.07, 6.45) is 0.482. The molecule has 0 aliphatic rings. The molecule has 6 heteroatoms. The van der Waals surface area contributed by atoms with Crippen LogP contribution in [0.25, 0.3) is 0 Å². The number of rotatable bonds is 5. The van der Waals surface area contributed by atoms with Crippen molar-refractivity contribution >= 4 is 10.0 Å². The summed E-state index contributed by atoms with van der Waals surface area (Å²) in [6, 6.07) is 2.96. The van der Waals surface area contributed by atoms with Gasteiger partial charge in [-0.3, -0.25) is 0 Å². The highest BCUT2D eigenvalue weighted by Crippen LogP contribution is 2.16. The molecule has 0 bridgehead atoms. The van der Waals surface area contributed by atoms with E-state index in [4.69, 9.17) is 5.11 Å². The van der Waals surface area contributed by atoms with Crippen molar-refractivity contribution in [1.82, 2.24) is 4.72 Å². The van der Waals surface area contributed by atoms with Gasteiger partial charge in [-0.15, -0.1) is 0 Å². The maximum atomic E-state index is 12.9. The van der Waals surface area contributed by atoms with Crippen LogP contribution in [-0.4, -0.2) is 26.2 Å². The number of hydrogen-bond donors (Lipinski definition) is 2. The Bertz CT molecular complexity index is 483. The van der Waals surface area contributed by atoms with Crippen molar-refractivity contribution in [2.45, 2.75) is 31.2 Å². The maximum Gasteiger partial charge on any atom is 0.241 e. The fraction of sp³-hybridized carbons (Fsp3) is 0.455. The van der Waals surface area contributed by atoms with Gasteiger partial charge in [0.25, 0.3) is 0 Å². The van der Waals surface area contributed by atoms with Gasteiger partial charge in [0.1, 0.15) is 5.82 Å². The Labute approximate surface area is 101 Å². The topological polar surface area (TPSA) is 66.4 Å². The minimum atomic E-state index is -3.71. The zero-order valence-corrected chi connectivity index (χ0v) is 10.6. The van der Waals surface area contributed by atoms with Crippen molar-refractivity contribution in [1.29, 1.82) is 0 Å². The number of aryl methyl sites for hydroxylation is 1. The van der Waals surface area contributed by atoms with Gasteiger partial charge in [0, 0.05) is 6.04 Å². The molecule has 96 valence electrons. The Balaban J connectivity index is 3.05. The summed E-state index contributed by atoms with van der Waals surface area (Å²) in [4.78, 5) is 0.0331. The number of aliphatic hydroxyl groups excluding tert-OH is 1. The number of sulfonamides is 1. The fourth-order valence-corrected chi connectivity index (χ4v) is 2.98. The molecule has 0 aliphatic carbocycles. The minimum Gasteiger partial charge on any atom is -0.395 e. The summed E-state index contributed by atoms with van der Waals surface area (Å²) >= 11 is 0. The Morgan fingerprint density at radius 3 is 2.59 bits per heavy atom. The second-order valence-corrected chi connectivity index (χ2v) is 5.50. The summed E-state index contributed by atoms with van der Waals surface area (Å²) in [6.45, 7) is 3.02. The van der Waals surface area contributed by atoms with Gasteiger partial charge in [-0.1, -0.05) is 6.92 Å². The van der Waals surface area contributed by atoms with E-state index in [-0.39, 0.29) is 11.5 Å². The predicted molar refractivity (Wildman–Crippen MR) is 62.6 cm³/mol. The highest BCUT2D eigenvalue weighted by atomic mass is 32.2. The lowest BCUT2D eigenvalue weighted by Gasteiger charge is -2.15. The van der Waals surface area contributed by atoms with Gasteiger partial charge in [0.15, 0.2) is 0 Å². The molecular weight excluding hydrogens is 245 g/mol. The van der Waals surface area contributed by atoms with E-state index in [2.05, 4.69) is 4.72 Å². The monoisotopic (exact) mass is 261 g/mol. The van der Waals surface area contributed by atoms with Gasteiger partial charge in [0.05, 0.1) is 11.5 Å². The van der Waals surface area contributed by atoms with Crippen LogP contribution >= 0.6 is 0 Å². The molecule has 0 saturated carbocycles. The SMILES string of the molecule is CC[C@H](CO)NS(=O)(=O)c1ccc(F)cc1C. The maximum absolute atomic E-state index is 12.9. The third-order valence-electron chi connectivity index (χ3n) is 2.46. The van der Waals surface area contributed by atoms with Crippen LogP contribution in [0.3, 0.4) is 0 Å². The van der Waals surface area contributed by atoms with Gasteiger partial charge < -0.3 is 5.11 Å². The van der Waals surface area contributed by atoms with Gasteiger partial charge >= 0.3 is 0 Å². The molecule has 2 N–H and O–H groups in total. The molecule has 1 atom stereocenters. The average molecular weight is 261 g/mol. The molecule has 0 amide bonds. The number of nitrogens with one attached hydrogen (secondary N) is 1. The third-order valence-corrected chi connectivity index (χ3v) is 4.14. The normalized spacial score (nSPS) is 13.6. The lowest BCUT2D eigenvalue weighted by molar-refractivity contribution is 0.254. The van der Waals surface area contributed by atoms with Gasteiger partial charge in [0.2, 0.25) is 10.0 Å². The van der Waals surface area contributed by atoms with Crippen LogP contribution in [0.15, 0.2) is 23.1 Å². The van der Waals surface area contributed by atoms with Crippen LogP contribution in [0.5, 0.6) is 0 Å². The number of hydrogen-bond acceptors (Lipinski definition) is 3. The number of halogens is 1. The molecule has 0 fully saturated rings. The quantitative estimate of drug-likeness (QED) is 0.836. The molecule has 0 saturated heterocycles. The zero-order chi connectivity index (χ0) is 13.1. The third kappa shape index (κ3) is 3.49. The van der Waals surface area contributed by atoms with E-state index < -0.39 is 21.9 Å². The van der Waals surface area contributed by atoms with Crippen molar-refractivity contribution in [3.8, 4) is 0 Å². The Kier molecular flexibility index (Phi) is 4.62. The highest BCUT2D eigenvalue weighted by Gasteiger charge is 2.20. The molecular formula is C11H16FNO3S. The smallest absolute Gasteiger partial charge is 0.241 e. The molecule has 0 spiro atoms. The van der Waals surface area contributed by atoms with Crippen molar-refractivity contribution < 1.29 is 17.9 Å². The van der Waals surface area contributed by atoms with Crippen molar-refractivity contribution in [3.63, 3.8) is 0 Å². The number of aliphatic hydroxyl groups is 1. The summed E-state index contributed by atoms with van der Waals surface area (Å²) in [7, 11) is -3.71. The fourth-order valence-electron chi connectivity index (χ4n) is 1.45. The molecule has 1 aromatic rings. The zero-order valence-electron chi connectivity index (χ0n) is 9.77. The van der Waals surface area contributed by atoms with Crippen LogP contribution in [0, 0.1) is 12.7 Å². The van der Waals surface area contributed by atoms with E-state index in [1.807, 2.05) is 0 Å². The van der Waals surface area contributed by atoms with Crippen molar-refractivity contribution in [2.75, 3.05) is 6.61 Å². The minimum absolute atomic E-state index is 0.0331. The first-order valence-electron chi connectivity index (χ1n) is 5.30. The molecule has 0 aromatic heterocycles. The van der Waals surface area contributed by atoms with Gasteiger partial charge in [-0.05, 0) is 37.1 Å². The standard InChI is InChI=1S/C11H16FNO3S/c1-3-10(7-14)13-17(15,16)11-5-4-9(12)6-8(11)2/h4-6,10,13-14H,3,7H2,1-2H3/t10-/m1/s1. The second kappa shape index (κ2) is 5.57. The average Bonchev–Trinajstić information content (AvgIpc) is 2.25. The molecule has 0 aliphatic heterocycles. The summed E-state index contributed by atoms with van der Waals surface area (Å²) in [5, 5.41) is 8.96. The molecule has 0 heterocycles. The largest absolute Gasteiger partial charge is 0.395 e. The second-order valence-electron chi connectivity index (χ2n) is 3.82. The molecule has 1 rings (SSSR count). The van der Waals surface area contributed by atoms with Crippen LogP contribution in [-0.2, 0) is 10.0 Å². The molecule has 0 radical (unpaired) electrons. The van der Waals surface area contributed by atoms with E-state index in [0.29, 0.717) is 12.0 Å². The van der Waals surface area contributed by atoms with Crippen LogP contribution in [0.4, 0.5) is 4.39 Å². The molecule has 17 heavy (non-hydrogen) atoms. The van der Waals surface area contributed by atoms with Crippen LogP contribution < -0.4 is 4.72 Å². The Morgan fingerprint density at radius 1 is 1.47 bits per heavy atom. The van der Waals surface area contributed by atoms with E-state index in [1.54, 1.807) is 6.92 Å². The molecule has 0 unspecified atom stereocenters. The van der Waals surface area contributed by atoms with E-state index in [9.17, 15) is 12.8 Å². The first kappa shape index (κ1) is 14.1. The number of benzene rings is 1. The van der Waals surface area contributed by atoms with E-state index >= 15 is 0 Å². The van der Waals surface area contributed by atoms with Crippen LogP contribution in [0.1, 0.15) is 18.9 Å². The van der Waals surface area contributed by atoms with Gasteiger partial charge in [-0.2, -0.15) is 0 Å². The van der Waals surface area contributed by atoms with Crippen LogP contribution in [0.2, 0.25) is 0 Å². The predicted octanol–water partition coefficient (Wildman–Crippen LogP) is 1.18. The Morgan fingerprint density at radius 2 is 2.12 bits per heavy atom. The Hall–Kier alpha value is -0.980. The summed E-state index contributed by atoms with van der Waals surface area (Å²) in [5.74, 6) is -0.476. The van der Waals surface area contributed by atoms with E-state index in [1.165, 1.54) is 13.0 Å². The lowest BCUT2D eigenvalue weighted by atomic mass is 10.2. The summed E-state index contributed by atoms with van der Waals surface area (Å²) in [5.41, 5.74) is 0.338. The highest BCUT2D eigenvalue weighted by molar-refractivity contribution is 7.89. The molecule has 4 nitrogen and oxygen atoms in total. The van der Waals surface area contributed by atoms with Gasteiger partial charge in [-0.25, -0.2) is 17.5 Å². The molecule has 1 aromatic carbocycles. The van der Waals surface area contributed by atoms with Crippen molar-refractivity contribution in [3.05, 3.63) is 29.6 Å². The van der Waals surface area contributed by atoms with Crippen molar-refractivity contribution in [2.24, 2.45) is 0 Å². The first-order chi connectivity index (χ1) is 7.90.